The molecule has 170 valence electrons. The van der Waals surface area contributed by atoms with Gasteiger partial charge in [0.2, 0.25) is 5.78 Å². The molecule has 1 unspecified atom stereocenters. The number of aliphatic carboxylic acids is 1. The number of nitrogens with zero attached hydrogens (tertiary/aromatic N) is 1. The molecule has 5 nitrogen and oxygen atoms in total. The third kappa shape index (κ3) is 5.19. The van der Waals surface area contributed by atoms with Gasteiger partial charge in [0.1, 0.15) is 6.04 Å². The summed E-state index contributed by atoms with van der Waals surface area (Å²) < 4.78 is 0. The Bertz CT molecular complexity index is 809. The van der Waals surface area contributed by atoms with Gasteiger partial charge in [-0.3, -0.25) is 9.59 Å². The van der Waals surface area contributed by atoms with Gasteiger partial charge >= 0.3 is 5.97 Å². The van der Waals surface area contributed by atoms with Crippen molar-refractivity contribution in [3.8, 4) is 0 Å². The Morgan fingerprint density at radius 2 is 1.74 bits per heavy atom. The molecule has 5 heteroatoms. The van der Waals surface area contributed by atoms with E-state index in [1.54, 1.807) is 13.8 Å². The molecule has 1 aromatic rings. The first-order chi connectivity index (χ1) is 14.8. The highest BCUT2D eigenvalue weighted by atomic mass is 16.4. The molecule has 1 heterocycles. The number of hydrogen-bond donors (Lipinski definition) is 1. The zero-order chi connectivity index (χ0) is 22.6. The smallest absolute Gasteiger partial charge is 0.326 e. The normalized spacial score (nSPS) is 22.1. The Morgan fingerprint density at radius 3 is 2.39 bits per heavy atom. The summed E-state index contributed by atoms with van der Waals surface area (Å²) in [6, 6.07) is 6.44. The number of fused-ring (bicyclic) bond motifs is 1. The second kappa shape index (κ2) is 9.97. The van der Waals surface area contributed by atoms with Crippen molar-refractivity contribution < 1.29 is 19.5 Å². The van der Waals surface area contributed by atoms with E-state index >= 15 is 0 Å². The number of carboxylic acid groups (broad SMARTS) is 1. The van der Waals surface area contributed by atoms with Crippen LogP contribution < -0.4 is 0 Å². The molecule has 0 radical (unpaired) electrons. The van der Waals surface area contributed by atoms with Crippen LogP contribution >= 0.6 is 0 Å². The SMILES string of the molecule is CCC(C)(C)C(=O)C(=O)N1C(CCCC2CCCCC2)c2ccccc2C[C@H]1C(=O)O. The topological polar surface area (TPSA) is 74.7 Å². The maximum absolute atomic E-state index is 13.4. The average Bonchev–Trinajstić information content (AvgIpc) is 2.78. The van der Waals surface area contributed by atoms with E-state index in [1.807, 2.05) is 31.2 Å². The van der Waals surface area contributed by atoms with E-state index in [4.69, 9.17) is 0 Å². The van der Waals surface area contributed by atoms with Crippen LogP contribution in [0.2, 0.25) is 0 Å². The minimum Gasteiger partial charge on any atom is -0.480 e. The molecule has 1 N–H and O–H groups in total. The fourth-order valence-electron chi connectivity index (χ4n) is 5.15. The molecule has 3 rings (SSSR count). The van der Waals surface area contributed by atoms with Crippen LogP contribution in [0.5, 0.6) is 0 Å². The van der Waals surface area contributed by atoms with E-state index in [1.165, 1.54) is 37.0 Å². The molecule has 1 saturated carbocycles. The lowest BCUT2D eigenvalue weighted by Crippen LogP contribution is -2.55. The number of hydrogen-bond acceptors (Lipinski definition) is 3. The molecular formula is C26H37NO4. The molecule has 1 aliphatic heterocycles. The van der Waals surface area contributed by atoms with Crippen LogP contribution in [0.25, 0.3) is 0 Å². The highest BCUT2D eigenvalue weighted by Gasteiger charge is 2.45. The van der Waals surface area contributed by atoms with E-state index in [9.17, 15) is 19.5 Å². The van der Waals surface area contributed by atoms with Crippen LogP contribution in [-0.4, -0.2) is 33.7 Å². The maximum atomic E-state index is 13.4. The van der Waals surface area contributed by atoms with Gasteiger partial charge in [0.05, 0.1) is 6.04 Å². The summed E-state index contributed by atoms with van der Waals surface area (Å²) in [5.74, 6) is -1.44. The van der Waals surface area contributed by atoms with Crippen molar-refractivity contribution in [2.24, 2.45) is 11.3 Å². The van der Waals surface area contributed by atoms with Gasteiger partial charge in [-0.2, -0.15) is 0 Å². The van der Waals surface area contributed by atoms with Gasteiger partial charge in [-0.15, -0.1) is 0 Å². The Morgan fingerprint density at radius 1 is 1.06 bits per heavy atom. The maximum Gasteiger partial charge on any atom is 0.326 e. The van der Waals surface area contributed by atoms with Crippen LogP contribution in [0.4, 0.5) is 0 Å². The molecule has 31 heavy (non-hydrogen) atoms. The molecule has 0 bridgehead atoms. The van der Waals surface area contributed by atoms with Crippen molar-refractivity contribution in [3.63, 3.8) is 0 Å². The quantitative estimate of drug-likeness (QED) is 0.570. The standard InChI is InChI=1S/C26H37NO4/c1-4-26(2,3)23(28)24(29)27-21(16-10-13-18-11-6-5-7-12-18)20-15-9-8-14-19(20)17-22(27)25(30)31/h8-9,14-15,18,21-22H,4-7,10-13,16-17H2,1-3H3,(H,30,31)/t21?,22-/m0/s1. The lowest BCUT2D eigenvalue weighted by Gasteiger charge is -2.42. The first-order valence-electron chi connectivity index (χ1n) is 11.9. The summed E-state index contributed by atoms with van der Waals surface area (Å²) in [6.45, 7) is 5.41. The molecule has 0 spiro atoms. The van der Waals surface area contributed by atoms with Gasteiger partial charge in [-0.1, -0.05) is 90.0 Å². The Hall–Kier alpha value is -2.17. The Kier molecular flexibility index (Phi) is 7.55. The highest BCUT2D eigenvalue weighted by molar-refractivity contribution is 6.38. The number of rotatable bonds is 8. The van der Waals surface area contributed by atoms with E-state index in [0.717, 1.165) is 29.9 Å². The summed E-state index contributed by atoms with van der Waals surface area (Å²) >= 11 is 0. The van der Waals surface area contributed by atoms with Gasteiger partial charge in [-0.25, -0.2) is 4.79 Å². The predicted octanol–water partition coefficient (Wildman–Crippen LogP) is 5.32. The largest absolute Gasteiger partial charge is 0.480 e. The van der Waals surface area contributed by atoms with Gasteiger partial charge in [0.25, 0.3) is 5.91 Å². The van der Waals surface area contributed by atoms with E-state index in [-0.39, 0.29) is 12.5 Å². The number of ketones is 1. The third-order valence-corrected chi connectivity index (χ3v) is 7.53. The fraction of sp³-hybridized carbons (Fsp3) is 0.654. The zero-order valence-electron chi connectivity index (χ0n) is 19.2. The Balaban J connectivity index is 1.89. The molecule has 1 amide bonds. The van der Waals surface area contributed by atoms with Crippen molar-refractivity contribution in [1.29, 1.82) is 0 Å². The molecule has 0 saturated heterocycles. The third-order valence-electron chi connectivity index (χ3n) is 7.53. The Labute approximate surface area is 186 Å². The molecular weight excluding hydrogens is 390 g/mol. The molecule has 1 aromatic carbocycles. The first-order valence-corrected chi connectivity index (χ1v) is 11.9. The minimum absolute atomic E-state index is 0.246. The second-order valence-electron chi connectivity index (χ2n) is 9.99. The van der Waals surface area contributed by atoms with Crippen LogP contribution in [0.3, 0.4) is 0 Å². The van der Waals surface area contributed by atoms with E-state index in [2.05, 4.69) is 0 Å². The molecule has 2 aliphatic rings. The monoisotopic (exact) mass is 427 g/mol. The predicted molar refractivity (Wildman–Crippen MR) is 121 cm³/mol. The van der Waals surface area contributed by atoms with Gasteiger partial charge in [-0.05, 0) is 29.9 Å². The summed E-state index contributed by atoms with van der Waals surface area (Å²) in [4.78, 5) is 40.1. The van der Waals surface area contributed by atoms with Crippen molar-refractivity contribution in [1.82, 2.24) is 4.90 Å². The van der Waals surface area contributed by atoms with Crippen LogP contribution in [0.15, 0.2) is 24.3 Å². The zero-order valence-corrected chi connectivity index (χ0v) is 19.2. The van der Waals surface area contributed by atoms with Crippen molar-refractivity contribution in [3.05, 3.63) is 35.4 Å². The van der Waals surface area contributed by atoms with Crippen molar-refractivity contribution in [2.75, 3.05) is 0 Å². The molecule has 1 aliphatic carbocycles. The minimum atomic E-state index is -1.04. The summed E-state index contributed by atoms with van der Waals surface area (Å²) in [5.41, 5.74) is 1.17. The number of benzene rings is 1. The van der Waals surface area contributed by atoms with Gasteiger partial charge in [0, 0.05) is 11.8 Å². The van der Waals surface area contributed by atoms with Gasteiger partial charge < -0.3 is 10.0 Å². The highest BCUT2D eigenvalue weighted by Crippen LogP contribution is 2.39. The number of carbonyl (C=O) groups excluding carboxylic acids is 2. The van der Waals surface area contributed by atoms with Crippen molar-refractivity contribution in [2.45, 2.75) is 97.1 Å². The van der Waals surface area contributed by atoms with Crippen molar-refractivity contribution >= 4 is 17.7 Å². The second-order valence-corrected chi connectivity index (χ2v) is 9.99. The fourth-order valence-corrected chi connectivity index (χ4v) is 5.15. The molecule has 1 fully saturated rings. The average molecular weight is 428 g/mol. The summed E-state index contributed by atoms with van der Waals surface area (Å²) in [7, 11) is 0. The number of carbonyl (C=O) groups is 3. The molecule has 0 aromatic heterocycles. The number of amides is 1. The van der Waals surface area contributed by atoms with Gasteiger partial charge in [0.15, 0.2) is 0 Å². The first kappa shape index (κ1) is 23.5. The lowest BCUT2D eigenvalue weighted by atomic mass is 9.80. The number of Topliss-reactive ketones (excluding diaryl/α,β-unsaturated/α-hetero) is 1. The van der Waals surface area contributed by atoms with E-state index < -0.39 is 29.1 Å². The summed E-state index contributed by atoms with van der Waals surface area (Å²) in [5, 5.41) is 9.97. The van der Waals surface area contributed by atoms with Crippen LogP contribution in [-0.2, 0) is 20.8 Å². The number of carboxylic acids is 1. The van der Waals surface area contributed by atoms with Crippen LogP contribution in [0.1, 0.15) is 95.7 Å². The molecule has 2 atom stereocenters. The van der Waals surface area contributed by atoms with E-state index in [0.29, 0.717) is 12.8 Å². The summed E-state index contributed by atoms with van der Waals surface area (Å²) in [6.07, 6.45) is 9.97. The van der Waals surface area contributed by atoms with Crippen LogP contribution in [0, 0.1) is 11.3 Å². The lowest BCUT2D eigenvalue weighted by molar-refractivity contribution is -0.159.